The van der Waals surface area contributed by atoms with Gasteiger partial charge in [-0.15, -0.1) is 0 Å². The Balaban J connectivity index is 2.94. The lowest BCUT2D eigenvalue weighted by molar-refractivity contribution is 1.25. The zero-order valence-electron chi connectivity index (χ0n) is 5.26. The monoisotopic (exact) mass is 172 g/mol. The van der Waals surface area contributed by atoms with Gasteiger partial charge in [0.25, 0.3) is 0 Å². The summed E-state index contributed by atoms with van der Waals surface area (Å²) in [4.78, 5) is 3.89. The summed E-state index contributed by atoms with van der Waals surface area (Å²) < 4.78 is 7.92. The molecular formula is C6H6BrN. The SMILES string of the molecule is [2H]Cc1cncc(Br)c1. The summed E-state index contributed by atoms with van der Waals surface area (Å²) in [6.07, 6.45) is 3.40. The van der Waals surface area contributed by atoms with Gasteiger partial charge in [0.15, 0.2) is 0 Å². The van der Waals surface area contributed by atoms with E-state index in [1.165, 1.54) is 0 Å². The van der Waals surface area contributed by atoms with Crippen LogP contribution in [-0.2, 0) is 0 Å². The van der Waals surface area contributed by atoms with Crippen LogP contribution in [0, 0.1) is 6.90 Å². The number of aromatic nitrogens is 1. The van der Waals surface area contributed by atoms with Gasteiger partial charge in [0.2, 0.25) is 0 Å². The van der Waals surface area contributed by atoms with Crippen molar-refractivity contribution in [3.05, 3.63) is 28.5 Å². The van der Waals surface area contributed by atoms with Crippen LogP contribution in [0.1, 0.15) is 6.93 Å². The maximum atomic E-state index is 6.98. The molecule has 1 rings (SSSR count). The van der Waals surface area contributed by atoms with E-state index in [4.69, 9.17) is 1.37 Å². The highest BCUT2D eigenvalue weighted by atomic mass is 79.9. The molecule has 8 heavy (non-hydrogen) atoms. The molecule has 0 atom stereocenters. The van der Waals surface area contributed by atoms with Crippen molar-refractivity contribution >= 4 is 15.9 Å². The zero-order valence-corrected chi connectivity index (χ0v) is 5.85. The van der Waals surface area contributed by atoms with Crippen LogP contribution in [0.25, 0.3) is 0 Å². The molecule has 0 aromatic carbocycles. The molecule has 0 amide bonds. The molecule has 0 radical (unpaired) electrons. The van der Waals surface area contributed by atoms with Crippen molar-refractivity contribution in [3.8, 4) is 0 Å². The Morgan fingerprint density at radius 2 is 2.62 bits per heavy atom. The third-order valence-corrected chi connectivity index (χ3v) is 1.20. The van der Waals surface area contributed by atoms with Gasteiger partial charge in [-0.3, -0.25) is 4.98 Å². The van der Waals surface area contributed by atoms with Gasteiger partial charge in [-0.25, -0.2) is 0 Å². The van der Waals surface area contributed by atoms with Crippen LogP contribution in [0.15, 0.2) is 22.9 Å². The summed E-state index contributed by atoms with van der Waals surface area (Å²) >= 11 is 3.26. The average molecular weight is 173 g/mol. The summed E-state index contributed by atoms with van der Waals surface area (Å²) in [7, 11) is 0. The Bertz CT molecular complexity index is 202. The second-order valence-corrected chi connectivity index (χ2v) is 2.43. The van der Waals surface area contributed by atoms with Crippen molar-refractivity contribution in [3.63, 3.8) is 0 Å². The van der Waals surface area contributed by atoms with Crippen LogP contribution < -0.4 is 0 Å². The van der Waals surface area contributed by atoms with Gasteiger partial charge in [0, 0.05) is 18.2 Å². The minimum atomic E-state index is 0.298. The molecule has 42 valence electrons. The number of rotatable bonds is 0. The molecule has 1 heterocycles. The standard InChI is InChI=1S/C6H6BrN/c1-5-2-6(7)4-8-3-5/h2-4H,1H3/i1D. The minimum Gasteiger partial charge on any atom is -0.263 e. The first-order valence-corrected chi connectivity index (χ1v) is 3.01. The van der Waals surface area contributed by atoms with Gasteiger partial charge in [0.1, 0.15) is 0 Å². The van der Waals surface area contributed by atoms with Crippen molar-refractivity contribution < 1.29 is 1.37 Å². The fraction of sp³-hybridized carbons (Fsp3) is 0.167. The van der Waals surface area contributed by atoms with Gasteiger partial charge < -0.3 is 0 Å². The molecular weight excluding hydrogens is 166 g/mol. The summed E-state index contributed by atoms with van der Waals surface area (Å²) in [5.41, 5.74) is 0.935. The number of pyridine rings is 1. The molecule has 0 unspecified atom stereocenters. The van der Waals surface area contributed by atoms with Crippen molar-refractivity contribution in [1.82, 2.24) is 4.98 Å². The Kier molecular flexibility index (Phi) is 1.28. The topological polar surface area (TPSA) is 12.9 Å². The first-order valence-electron chi connectivity index (χ1n) is 2.92. The fourth-order valence-electron chi connectivity index (χ4n) is 0.456. The van der Waals surface area contributed by atoms with Crippen molar-refractivity contribution in [2.45, 2.75) is 6.90 Å². The Morgan fingerprint density at radius 1 is 1.75 bits per heavy atom. The van der Waals surface area contributed by atoms with Crippen LogP contribution in [0.4, 0.5) is 0 Å². The van der Waals surface area contributed by atoms with E-state index in [0.717, 1.165) is 10.0 Å². The summed E-state index contributed by atoms with van der Waals surface area (Å²) in [6, 6.07) is 1.89. The van der Waals surface area contributed by atoms with E-state index < -0.39 is 0 Å². The number of hydrogen-bond acceptors (Lipinski definition) is 1. The predicted molar refractivity (Wildman–Crippen MR) is 36.7 cm³/mol. The highest BCUT2D eigenvalue weighted by Crippen LogP contribution is 2.07. The Morgan fingerprint density at radius 3 is 3.12 bits per heavy atom. The third-order valence-electron chi connectivity index (χ3n) is 0.762. The van der Waals surface area contributed by atoms with Crippen LogP contribution in [0.2, 0.25) is 0 Å². The normalized spacial score (nSPS) is 10.9. The number of nitrogens with zero attached hydrogens (tertiary/aromatic N) is 1. The third kappa shape index (κ3) is 1.30. The van der Waals surface area contributed by atoms with Gasteiger partial charge in [0.05, 0.1) is 0 Å². The predicted octanol–water partition coefficient (Wildman–Crippen LogP) is 2.15. The van der Waals surface area contributed by atoms with E-state index >= 15 is 0 Å². The van der Waals surface area contributed by atoms with Crippen LogP contribution in [-0.4, -0.2) is 4.98 Å². The molecule has 0 saturated heterocycles. The van der Waals surface area contributed by atoms with E-state index in [9.17, 15) is 0 Å². The smallest absolute Gasteiger partial charge is 0.0410 e. The maximum Gasteiger partial charge on any atom is 0.0410 e. The van der Waals surface area contributed by atoms with Crippen molar-refractivity contribution in [2.75, 3.05) is 0 Å². The molecule has 0 aliphatic heterocycles. The summed E-state index contributed by atoms with van der Waals surface area (Å²) in [5, 5.41) is 0. The van der Waals surface area contributed by atoms with Gasteiger partial charge in [-0.05, 0) is 34.5 Å². The first kappa shape index (κ1) is 4.50. The minimum absolute atomic E-state index is 0.298. The zero-order chi connectivity index (χ0) is 6.69. The molecule has 1 nitrogen and oxygen atoms in total. The van der Waals surface area contributed by atoms with E-state index in [0.29, 0.717) is 6.90 Å². The second kappa shape index (κ2) is 2.27. The number of halogens is 1. The van der Waals surface area contributed by atoms with Crippen molar-refractivity contribution in [1.29, 1.82) is 0 Å². The molecule has 1 aromatic heterocycles. The van der Waals surface area contributed by atoms with Crippen LogP contribution in [0.5, 0.6) is 0 Å². The number of hydrogen-bond donors (Lipinski definition) is 0. The lowest BCUT2D eigenvalue weighted by Crippen LogP contribution is -1.73. The Labute approximate surface area is 58.3 Å². The average Bonchev–Trinajstić information content (AvgIpc) is 1.88. The van der Waals surface area contributed by atoms with Crippen LogP contribution in [0.3, 0.4) is 0 Å². The molecule has 0 N–H and O–H groups in total. The number of aryl methyl sites for hydroxylation is 1. The van der Waals surface area contributed by atoms with E-state index in [-0.39, 0.29) is 0 Å². The second-order valence-electron chi connectivity index (χ2n) is 1.51. The van der Waals surface area contributed by atoms with E-state index in [1.54, 1.807) is 12.4 Å². The van der Waals surface area contributed by atoms with Gasteiger partial charge in [-0.2, -0.15) is 0 Å². The maximum absolute atomic E-state index is 6.98. The quantitative estimate of drug-likeness (QED) is 0.585. The van der Waals surface area contributed by atoms with Crippen molar-refractivity contribution in [2.24, 2.45) is 0 Å². The molecule has 0 fully saturated rings. The molecule has 2 heteroatoms. The molecule has 0 bridgehead atoms. The van der Waals surface area contributed by atoms with E-state index in [2.05, 4.69) is 20.9 Å². The highest BCUT2D eigenvalue weighted by Gasteiger charge is 1.83. The molecule has 0 saturated carbocycles. The fourth-order valence-corrected chi connectivity index (χ4v) is 0.868. The Hall–Kier alpha value is -0.370. The lowest BCUT2D eigenvalue weighted by Gasteiger charge is -1.88. The molecule has 0 aliphatic carbocycles. The van der Waals surface area contributed by atoms with Crippen LogP contribution >= 0.6 is 15.9 Å². The largest absolute Gasteiger partial charge is 0.263 e. The van der Waals surface area contributed by atoms with E-state index in [1.807, 2.05) is 6.07 Å². The molecule has 0 spiro atoms. The summed E-state index contributed by atoms with van der Waals surface area (Å²) in [5.74, 6) is 0. The highest BCUT2D eigenvalue weighted by molar-refractivity contribution is 9.10. The molecule has 0 aliphatic rings. The van der Waals surface area contributed by atoms with Gasteiger partial charge in [-0.1, -0.05) is 0 Å². The lowest BCUT2D eigenvalue weighted by atomic mass is 10.3. The first-order chi connectivity index (χ1) is 4.33. The molecule has 1 aromatic rings. The van der Waals surface area contributed by atoms with Gasteiger partial charge >= 0.3 is 0 Å². The summed E-state index contributed by atoms with van der Waals surface area (Å²) in [6.45, 7) is 0.298.